The van der Waals surface area contributed by atoms with Crippen LogP contribution < -0.4 is 4.90 Å². The molecule has 0 spiro atoms. The van der Waals surface area contributed by atoms with E-state index >= 15 is 0 Å². The van der Waals surface area contributed by atoms with E-state index in [9.17, 15) is 0 Å². The minimum atomic E-state index is 0.0283. The Kier molecular flexibility index (Phi) is 4.42. The first-order chi connectivity index (χ1) is 12.6. The van der Waals surface area contributed by atoms with Gasteiger partial charge in [-0.05, 0) is 26.0 Å². The molecule has 7 nitrogen and oxygen atoms in total. The Hall–Kier alpha value is -2.74. The zero-order valence-electron chi connectivity index (χ0n) is 14.8. The quantitative estimate of drug-likeness (QED) is 0.651. The molecule has 0 saturated carbocycles. The summed E-state index contributed by atoms with van der Waals surface area (Å²) in [6, 6.07) is 3.88. The lowest BCUT2D eigenvalue weighted by atomic mass is 10.1. The Morgan fingerprint density at radius 2 is 2.23 bits per heavy atom. The van der Waals surface area contributed by atoms with Crippen molar-refractivity contribution in [2.45, 2.75) is 26.4 Å². The maximum atomic E-state index is 6.02. The number of oxazole rings is 1. The summed E-state index contributed by atoms with van der Waals surface area (Å²) >= 11 is 1.53. The monoisotopic (exact) mass is 369 g/mol. The van der Waals surface area contributed by atoms with Crippen molar-refractivity contribution in [1.29, 1.82) is 0 Å². The van der Waals surface area contributed by atoms with E-state index in [1.54, 1.807) is 18.6 Å². The van der Waals surface area contributed by atoms with Gasteiger partial charge in [0.15, 0.2) is 5.69 Å². The average Bonchev–Trinajstić information content (AvgIpc) is 3.29. The van der Waals surface area contributed by atoms with Crippen molar-refractivity contribution >= 4 is 22.9 Å². The van der Waals surface area contributed by atoms with Gasteiger partial charge in [-0.1, -0.05) is 5.16 Å². The fraction of sp³-hybridized carbons (Fsp3) is 0.333. The lowest BCUT2D eigenvalue weighted by Gasteiger charge is -2.22. The molecular weight excluding hydrogens is 350 g/mol. The SMILES string of the molecule is CC(C)ON=C1CCN(C)c2oc(-c3cnc(-c4cccnc4)s3)nc21. The zero-order valence-corrected chi connectivity index (χ0v) is 15.7. The first-order valence-corrected chi connectivity index (χ1v) is 9.25. The van der Waals surface area contributed by atoms with Crippen molar-refractivity contribution in [2.24, 2.45) is 5.16 Å². The summed E-state index contributed by atoms with van der Waals surface area (Å²) in [5.41, 5.74) is 2.54. The average molecular weight is 369 g/mol. The second-order valence-corrected chi connectivity index (χ2v) is 7.34. The number of aromatic nitrogens is 3. The fourth-order valence-corrected chi connectivity index (χ4v) is 3.44. The number of nitrogens with zero attached hydrogens (tertiary/aromatic N) is 5. The molecule has 0 radical (unpaired) electrons. The molecule has 0 aliphatic carbocycles. The normalized spacial score (nSPS) is 15.5. The highest BCUT2D eigenvalue weighted by Crippen LogP contribution is 2.36. The van der Waals surface area contributed by atoms with E-state index in [4.69, 9.17) is 9.25 Å². The van der Waals surface area contributed by atoms with Gasteiger partial charge in [-0.3, -0.25) is 4.98 Å². The molecule has 3 aromatic heterocycles. The molecule has 0 aromatic carbocycles. The molecule has 0 bridgehead atoms. The summed E-state index contributed by atoms with van der Waals surface area (Å²) in [4.78, 5) is 21.6. The summed E-state index contributed by atoms with van der Waals surface area (Å²) in [6.07, 6.45) is 6.12. The Morgan fingerprint density at radius 1 is 1.35 bits per heavy atom. The van der Waals surface area contributed by atoms with Crippen molar-refractivity contribution in [3.05, 3.63) is 36.4 Å². The van der Waals surface area contributed by atoms with E-state index in [1.807, 2.05) is 37.9 Å². The smallest absolute Gasteiger partial charge is 0.241 e. The molecule has 1 aliphatic heterocycles. The minimum Gasteiger partial charge on any atom is -0.419 e. The molecule has 4 heterocycles. The van der Waals surface area contributed by atoms with Gasteiger partial charge in [-0.2, -0.15) is 0 Å². The highest BCUT2D eigenvalue weighted by atomic mass is 32.1. The Bertz CT molecular complexity index is 932. The van der Waals surface area contributed by atoms with Crippen LogP contribution in [0.1, 0.15) is 26.0 Å². The van der Waals surface area contributed by atoms with Gasteiger partial charge in [0, 0.05) is 38.0 Å². The second-order valence-electron chi connectivity index (χ2n) is 6.31. The van der Waals surface area contributed by atoms with E-state index in [1.165, 1.54) is 11.3 Å². The molecule has 0 N–H and O–H groups in total. The largest absolute Gasteiger partial charge is 0.419 e. The molecule has 3 aromatic rings. The predicted octanol–water partition coefficient (Wildman–Crippen LogP) is 3.83. The number of thiazole rings is 1. The number of anilines is 1. The van der Waals surface area contributed by atoms with Crippen molar-refractivity contribution in [3.63, 3.8) is 0 Å². The maximum Gasteiger partial charge on any atom is 0.241 e. The van der Waals surface area contributed by atoms with Gasteiger partial charge >= 0.3 is 0 Å². The van der Waals surface area contributed by atoms with Gasteiger partial charge in [-0.15, -0.1) is 11.3 Å². The topological polar surface area (TPSA) is 76.6 Å². The molecule has 0 fully saturated rings. The fourth-order valence-electron chi connectivity index (χ4n) is 2.61. The van der Waals surface area contributed by atoms with Crippen LogP contribution in [0.5, 0.6) is 0 Å². The third kappa shape index (κ3) is 3.20. The summed E-state index contributed by atoms with van der Waals surface area (Å²) < 4.78 is 6.02. The van der Waals surface area contributed by atoms with Crippen molar-refractivity contribution in [3.8, 4) is 21.3 Å². The van der Waals surface area contributed by atoms with E-state index in [0.717, 1.165) is 39.8 Å². The summed E-state index contributed by atoms with van der Waals surface area (Å²) in [7, 11) is 1.99. The molecule has 26 heavy (non-hydrogen) atoms. The predicted molar refractivity (Wildman–Crippen MR) is 101 cm³/mol. The van der Waals surface area contributed by atoms with Crippen molar-refractivity contribution < 1.29 is 9.25 Å². The summed E-state index contributed by atoms with van der Waals surface area (Å²) in [5.74, 6) is 1.27. The van der Waals surface area contributed by atoms with E-state index in [-0.39, 0.29) is 6.10 Å². The highest BCUT2D eigenvalue weighted by Gasteiger charge is 2.28. The molecule has 0 unspecified atom stereocenters. The van der Waals surface area contributed by atoms with Gasteiger partial charge in [0.05, 0.1) is 6.20 Å². The summed E-state index contributed by atoms with van der Waals surface area (Å²) in [6.45, 7) is 4.71. The van der Waals surface area contributed by atoms with Gasteiger partial charge in [0.2, 0.25) is 11.8 Å². The zero-order chi connectivity index (χ0) is 18.1. The van der Waals surface area contributed by atoms with E-state index in [0.29, 0.717) is 11.8 Å². The Labute approximate surface area is 155 Å². The minimum absolute atomic E-state index is 0.0283. The number of fused-ring (bicyclic) bond motifs is 1. The van der Waals surface area contributed by atoms with E-state index in [2.05, 4.69) is 20.1 Å². The Morgan fingerprint density at radius 3 is 3.00 bits per heavy atom. The second kappa shape index (κ2) is 6.87. The van der Waals surface area contributed by atoms with Crippen LogP contribution in [0.2, 0.25) is 0 Å². The first-order valence-electron chi connectivity index (χ1n) is 8.43. The summed E-state index contributed by atoms with van der Waals surface area (Å²) in [5, 5.41) is 5.15. The van der Waals surface area contributed by atoms with Gasteiger partial charge in [0.25, 0.3) is 0 Å². The van der Waals surface area contributed by atoms with Crippen LogP contribution in [0.4, 0.5) is 5.88 Å². The Balaban J connectivity index is 1.68. The highest BCUT2D eigenvalue weighted by molar-refractivity contribution is 7.18. The number of hydrogen-bond acceptors (Lipinski definition) is 8. The molecule has 1 aliphatic rings. The van der Waals surface area contributed by atoms with E-state index < -0.39 is 0 Å². The standard InChI is InChI=1S/C18H19N5O2S/c1-11(2)25-22-13-6-8-23(3)18-15(13)21-16(24-18)14-10-20-17(26-14)12-5-4-7-19-9-12/h4-5,7,9-11H,6,8H2,1-3H3. The van der Waals surface area contributed by atoms with Crippen LogP contribution in [0.25, 0.3) is 21.3 Å². The lowest BCUT2D eigenvalue weighted by molar-refractivity contribution is 0.0855. The molecule has 8 heteroatoms. The van der Waals surface area contributed by atoms with Crippen LogP contribution in [0.3, 0.4) is 0 Å². The van der Waals surface area contributed by atoms with Crippen LogP contribution in [0, 0.1) is 0 Å². The molecule has 4 rings (SSSR count). The van der Waals surface area contributed by atoms with Crippen LogP contribution in [0.15, 0.2) is 40.3 Å². The molecule has 0 amide bonds. The van der Waals surface area contributed by atoms with Crippen molar-refractivity contribution in [2.75, 3.05) is 18.5 Å². The van der Waals surface area contributed by atoms with Crippen LogP contribution in [-0.2, 0) is 4.84 Å². The van der Waals surface area contributed by atoms with Crippen LogP contribution >= 0.6 is 11.3 Å². The van der Waals surface area contributed by atoms with Gasteiger partial charge in [0.1, 0.15) is 21.7 Å². The third-order valence-electron chi connectivity index (χ3n) is 3.91. The number of oxime groups is 1. The maximum absolute atomic E-state index is 6.02. The molecular formula is C18H19N5O2S. The van der Waals surface area contributed by atoms with Gasteiger partial charge in [-0.25, -0.2) is 9.97 Å². The lowest BCUT2D eigenvalue weighted by Crippen LogP contribution is -2.28. The number of pyridine rings is 1. The molecule has 0 saturated heterocycles. The third-order valence-corrected chi connectivity index (χ3v) is 4.95. The van der Waals surface area contributed by atoms with Crippen LogP contribution in [-0.4, -0.2) is 40.4 Å². The number of hydrogen-bond donors (Lipinski definition) is 0. The molecule has 134 valence electrons. The number of rotatable bonds is 4. The van der Waals surface area contributed by atoms with Crippen molar-refractivity contribution in [1.82, 2.24) is 15.0 Å². The first kappa shape index (κ1) is 16.7. The van der Waals surface area contributed by atoms with Gasteiger partial charge < -0.3 is 14.2 Å². The molecule has 0 atom stereocenters.